The summed E-state index contributed by atoms with van der Waals surface area (Å²) in [5.41, 5.74) is 0. The summed E-state index contributed by atoms with van der Waals surface area (Å²) in [5.74, 6) is 1.87. The van der Waals surface area contributed by atoms with Crippen molar-refractivity contribution in [2.75, 3.05) is 12.4 Å². The first-order valence-corrected chi connectivity index (χ1v) is 6.23. The minimum atomic E-state index is 0.331. The topological polar surface area (TPSA) is 47.0 Å². The van der Waals surface area contributed by atoms with E-state index in [1.807, 2.05) is 0 Å². The fraction of sp³-hybridized carbons (Fsp3) is 0.667. The van der Waals surface area contributed by atoms with Gasteiger partial charge in [0.2, 0.25) is 0 Å². The molecule has 1 heterocycles. The summed E-state index contributed by atoms with van der Waals surface area (Å²) in [4.78, 5) is 8.03. The summed E-state index contributed by atoms with van der Waals surface area (Å²) in [5, 5.41) is 3.63. The maximum absolute atomic E-state index is 5.92. The van der Waals surface area contributed by atoms with Gasteiger partial charge in [0.15, 0.2) is 16.7 Å². The third-order valence-corrected chi connectivity index (χ3v) is 2.79. The number of ether oxygens (including phenoxy) is 1. The van der Waals surface area contributed by atoms with Crippen LogP contribution in [-0.4, -0.2) is 23.1 Å². The molecule has 0 radical (unpaired) electrons. The second-order valence-corrected chi connectivity index (χ2v) is 4.92. The first kappa shape index (κ1) is 14.0. The number of halogens is 1. The van der Waals surface area contributed by atoms with Crippen LogP contribution in [0.2, 0.25) is 5.15 Å². The Morgan fingerprint density at radius 1 is 1.29 bits per heavy atom. The number of hydrogen-bond acceptors (Lipinski definition) is 4. The van der Waals surface area contributed by atoms with Crippen LogP contribution in [0.15, 0.2) is 6.33 Å². The minimum Gasteiger partial charge on any atom is -0.490 e. The molecule has 0 aliphatic rings. The normalized spacial score (nSPS) is 12.6. The molecule has 0 amide bonds. The fourth-order valence-electron chi connectivity index (χ4n) is 1.52. The molecule has 17 heavy (non-hydrogen) atoms. The van der Waals surface area contributed by atoms with E-state index in [1.165, 1.54) is 12.7 Å². The van der Waals surface area contributed by atoms with Gasteiger partial charge in [0, 0.05) is 6.04 Å². The van der Waals surface area contributed by atoms with Crippen molar-refractivity contribution in [2.45, 2.75) is 39.7 Å². The van der Waals surface area contributed by atoms with Crippen LogP contribution < -0.4 is 10.1 Å². The molecule has 1 rings (SSSR count). The molecule has 0 aromatic carbocycles. The Morgan fingerprint density at radius 2 is 2.00 bits per heavy atom. The van der Waals surface area contributed by atoms with E-state index in [1.54, 1.807) is 7.11 Å². The van der Waals surface area contributed by atoms with Crippen LogP contribution in [0.4, 0.5) is 5.82 Å². The van der Waals surface area contributed by atoms with Gasteiger partial charge in [-0.2, -0.15) is 0 Å². The van der Waals surface area contributed by atoms with Crippen molar-refractivity contribution in [1.82, 2.24) is 9.97 Å². The number of hydrogen-bond donors (Lipinski definition) is 1. The number of nitrogens with one attached hydrogen (secondary N) is 1. The third-order valence-electron chi connectivity index (χ3n) is 2.52. The zero-order chi connectivity index (χ0) is 12.8. The van der Waals surface area contributed by atoms with Crippen molar-refractivity contribution in [3.05, 3.63) is 11.5 Å². The van der Waals surface area contributed by atoms with Crippen molar-refractivity contribution in [2.24, 2.45) is 5.92 Å². The molecule has 96 valence electrons. The van der Waals surface area contributed by atoms with Gasteiger partial charge in [0.1, 0.15) is 6.33 Å². The standard InChI is InChI=1S/C12H20ClN3O/c1-8(2)5-6-9(3)16-12-10(17-4)11(13)14-7-15-12/h7-9H,5-6H2,1-4H3,(H,14,15,16). The van der Waals surface area contributed by atoms with Crippen LogP contribution in [-0.2, 0) is 0 Å². The summed E-state index contributed by atoms with van der Waals surface area (Å²) >= 11 is 5.92. The van der Waals surface area contributed by atoms with Gasteiger partial charge in [-0.1, -0.05) is 25.4 Å². The van der Waals surface area contributed by atoms with Crippen molar-refractivity contribution in [3.63, 3.8) is 0 Å². The molecular weight excluding hydrogens is 238 g/mol. The lowest BCUT2D eigenvalue weighted by Gasteiger charge is -2.17. The summed E-state index contributed by atoms with van der Waals surface area (Å²) in [6, 6.07) is 0.331. The summed E-state index contributed by atoms with van der Waals surface area (Å²) < 4.78 is 5.18. The zero-order valence-electron chi connectivity index (χ0n) is 10.8. The number of rotatable bonds is 6. The van der Waals surface area contributed by atoms with Crippen LogP contribution in [0.5, 0.6) is 5.75 Å². The molecule has 0 aliphatic heterocycles. The van der Waals surface area contributed by atoms with Gasteiger partial charge in [-0.15, -0.1) is 0 Å². The van der Waals surface area contributed by atoms with E-state index < -0.39 is 0 Å². The van der Waals surface area contributed by atoms with Gasteiger partial charge < -0.3 is 10.1 Å². The molecule has 0 fully saturated rings. The Morgan fingerprint density at radius 3 is 2.59 bits per heavy atom. The van der Waals surface area contributed by atoms with E-state index >= 15 is 0 Å². The van der Waals surface area contributed by atoms with E-state index in [2.05, 4.69) is 36.1 Å². The molecule has 0 bridgehead atoms. The Bertz CT molecular complexity index is 358. The Balaban J connectivity index is 2.64. The quantitative estimate of drug-likeness (QED) is 0.794. The lowest BCUT2D eigenvalue weighted by Crippen LogP contribution is -2.17. The van der Waals surface area contributed by atoms with Gasteiger partial charge in [0.05, 0.1) is 7.11 Å². The molecule has 1 aromatic heterocycles. The van der Waals surface area contributed by atoms with E-state index in [9.17, 15) is 0 Å². The highest BCUT2D eigenvalue weighted by molar-refractivity contribution is 6.31. The fourth-order valence-corrected chi connectivity index (χ4v) is 1.74. The molecule has 0 saturated carbocycles. The number of methoxy groups -OCH3 is 1. The highest BCUT2D eigenvalue weighted by atomic mass is 35.5. The third kappa shape index (κ3) is 4.38. The monoisotopic (exact) mass is 257 g/mol. The number of nitrogens with zero attached hydrogens (tertiary/aromatic N) is 2. The summed E-state index contributed by atoms with van der Waals surface area (Å²) in [7, 11) is 1.56. The molecule has 1 unspecified atom stereocenters. The van der Waals surface area contributed by atoms with Gasteiger partial charge in [-0.05, 0) is 25.7 Å². The molecular formula is C12H20ClN3O. The molecule has 0 saturated heterocycles. The molecule has 1 atom stereocenters. The second kappa shape index (κ2) is 6.64. The van der Waals surface area contributed by atoms with Crippen LogP contribution >= 0.6 is 11.6 Å². The van der Waals surface area contributed by atoms with Crippen LogP contribution in [0, 0.1) is 5.92 Å². The molecule has 1 aromatic rings. The predicted octanol–water partition coefficient (Wildman–Crippen LogP) is 3.38. The molecule has 0 aliphatic carbocycles. The van der Waals surface area contributed by atoms with E-state index in [0.717, 1.165) is 6.42 Å². The smallest absolute Gasteiger partial charge is 0.198 e. The highest BCUT2D eigenvalue weighted by Gasteiger charge is 2.12. The lowest BCUT2D eigenvalue weighted by atomic mass is 10.0. The molecule has 4 nitrogen and oxygen atoms in total. The van der Waals surface area contributed by atoms with Crippen LogP contribution in [0.25, 0.3) is 0 Å². The second-order valence-electron chi connectivity index (χ2n) is 4.56. The van der Waals surface area contributed by atoms with Gasteiger partial charge >= 0.3 is 0 Å². The zero-order valence-corrected chi connectivity index (χ0v) is 11.6. The first-order chi connectivity index (χ1) is 8.04. The molecule has 5 heteroatoms. The van der Waals surface area contributed by atoms with Crippen LogP contribution in [0.1, 0.15) is 33.6 Å². The van der Waals surface area contributed by atoms with Gasteiger partial charge in [-0.3, -0.25) is 0 Å². The summed E-state index contributed by atoms with van der Waals surface area (Å²) in [6.07, 6.45) is 3.69. The Hall–Kier alpha value is -1.03. The maximum atomic E-state index is 5.92. The van der Waals surface area contributed by atoms with E-state index in [4.69, 9.17) is 16.3 Å². The van der Waals surface area contributed by atoms with Gasteiger partial charge in [0.25, 0.3) is 0 Å². The van der Waals surface area contributed by atoms with Crippen molar-refractivity contribution in [3.8, 4) is 5.75 Å². The Kier molecular flexibility index (Phi) is 5.48. The average molecular weight is 258 g/mol. The maximum Gasteiger partial charge on any atom is 0.198 e. The van der Waals surface area contributed by atoms with Crippen LogP contribution in [0.3, 0.4) is 0 Å². The van der Waals surface area contributed by atoms with E-state index in [-0.39, 0.29) is 0 Å². The van der Waals surface area contributed by atoms with Crippen molar-refractivity contribution >= 4 is 17.4 Å². The van der Waals surface area contributed by atoms with E-state index in [0.29, 0.717) is 28.7 Å². The predicted molar refractivity (Wildman–Crippen MR) is 70.8 cm³/mol. The lowest BCUT2D eigenvalue weighted by molar-refractivity contribution is 0.412. The minimum absolute atomic E-state index is 0.331. The Labute approximate surface area is 108 Å². The SMILES string of the molecule is COc1c(Cl)ncnc1NC(C)CCC(C)C. The average Bonchev–Trinajstić information content (AvgIpc) is 2.27. The first-order valence-electron chi connectivity index (χ1n) is 5.85. The highest BCUT2D eigenvalue weighted by Crippen LogP contribution is 2.29. The molecule has 0 spiro atoms. The van der Waals surface area contributed by atoms with Gasteiger partial charge in [-0.25, -0.2) is 9.97 Å². The number of anilines is 1. The molecule has 1 N–H and O–H groups in total. The van der Waals surface area contributed by atoms with Crippen molar-refractivity contribution < 1.29 is 4.74 Å². The largest absolute Gasteiger partial charge is 0.490 e. The van der Waals surface area contributed by atoms with Crippen molar-refractivity contribution in [1.29, 1.82) is 0 Å². The summed E-state index contributed by atoms with van der Waals surface area (Å²) in [6.45, 7) is 6.56. The number of aromatic nitrogens is 2.